The van der Waals surface area contributed by atoms with Crippen molar-refractivity contribution in [2.75, 3.05) is 12.3 Å². The Bertz CT molecular complexity index is 514. The van der Waals surface area contributed by atoms with Gasteiger partial charge in [-0.2, -0.15) is 0 Å². The van der Waals surface area contributed by atoms with Crippen LogP contribution in [0, 0.1) is 0 Å². The maximum absolute atomic E-state index is 12.0. The zero-order chi connectivity index (χ0) is 12.7. The first-order chi connectivity index (χ1) is 7.80. The van der Waals surface area contributed by atoms with Crippen LogP contribution in [0.15, 0.2) is 29.2 Å². The summed E-state index contributed by atoms with van der Waals surface area (Å²) in [5, 5.41) is 3.38. The van der Waals surface area contributed by atoms with Crippen molar-refractivity contribution in [1.82, 2.24) is 5.32 Å². The van der Waals surface area contributed by atoms with E-state index in [1.165, 1.54) is 0 Å². The molecule has 0 bridgehead atoms. The normalized spacial score (nSPS) is 22.4. The molecule has 1 heterocycles. The molecule has 1 aromatic rings. The minimum Gasteiger partial charge on any atom is -0.311 e. The second-order valence-electron chi connectivity index (χ2n) is 5.65. The Kier molecular flexibility index (Phi) is 3.04. The van der Waals surface area contributed by atoms with Gasteiger partial charge in [-0.3, -0.25) is 0 Å². The zero-order valence-corrected chi connectivity index (χ0v) is 11.3. The molecule has 0 amide bonds. The third kappa shape index (κ3) is 2.69. The van der Waals surface area contributed by atoms with Crippen LogP contribution in [-0.4, -0.2) is 26.3 Å². The van der Waals surface area contributed by atoms with Crippen LogP contribution in [0.1, 0.15) is 32.3 Å². The summed E-state index contributed by atoms with van der Waals surface area (Å²) in [4.78, 5) is 0.515. The predicted molar refractivity (Wildman–Crippen MR) is 69.0 cm³/mol. The van der Waals surface area contributed by atoms with Crippen molar-refractivity contribution in [1.29, 1.82) is 0 Å². The average molecular weight is 253 g/mol. The summed E-state index contributed by atoms with van der Waals surface area (Å²) >= 11 is 0. The predicted octanol–water partition coefficient (Wildman–Crippen LogP) is 1.95. The summed E-state index contributed by atoms with van der Waals surface area (Å²) in [6.07, 6.45) is 0. The molecule has 0 aromatic heterocycles. The highest BCUT2D eigenvalue weighted by atomic mass is 32.2. The molecule has 1 atom stereocenters. The standard InChI is InChI=1S/C13H19NO2S/c1-13(2,3)14-8-10-9-17(15,16)12-7-5-4-6-11(10)12/h4-7,10,14H,8-9H2,1-3H3. The topological polar surface area (TPSA) is 46.2 Å². The van der Waals surface area contributed by atoms with Gasteiger partial charge < -0.3 is 5.32 Å². The first kappa shape index (κ1) is 12.6. The molecule has 1 aliphatic rings. The van der Waals surface area contributed by atoms with Gasteiger partial charge in [0.15, 0.2) is 9.84 Å². The Morgan fingerprint density at radius 2 is 1.94 bits per heavy atom. The van der Waals surface area contributed by atoms with E-state index in [0.717, 1.165) is 5.56 Å². The van der Waals surface area contributed by atoms with Crippen molar-refractivity contribution < 1.29 is 8.42 Å². The van der Waals surface area contributed by atoms with Crippen molar-refractivity contribution >= 4 is 9.84 Å². The second kappa shape index (κ2) is 4.10. The van der Waals surface area contributed by atoms with Gasteiger partial charge in [-0.25, -0.2) is 8.42 Å². The molecule has 94 valence electrons. The van der Waals surface area contributed by atoms with Crippen LogP contribution in [0.2, 0.25) is 0 Å². The molecule has 0 fully saturated rings. The fourth-order valence-corrected chi connectivity index (χ4v) is 4.03. The van der Waals surface area contributed by atoms with E-state index in [1.807, 2.05) is 12.1 Å². The SMILES string of the molecule is CC(C)(C)NCC1CS(=O)(=O)c2ccccc21. The highest BCUT2D eigenvalue weighted by Crippen LogP contribution is 2.34. The summed E-state index contributed by atoms with van der Waals surface area (Å²) in [7, 11) is -3.06. The number of rotatable bonds is 2. The summed E-state index contributed by atoms with van der Waals surface area (Å²) in [5.41, 5.74) is 0.977. The van der Waals surface area contributed by atoms with Gasteiger partial charge in [-0.05, 0) is 32.4 Å². The minimum atomic E-state index is -3.06. The highest BCUT2D eigenvalue weighted by Gasteiger charge is 2.34. The molecule has 0 radical (unpaired) electrons. The van der Waals surface area contributed by atoms with E-state index in [-0.39, 0.29) is 17.2 Å². The molecule has 0 spiro atoms. The second-order valence-corrected chi connectivity index (χ2v) is 7.65. The van der Waals surface area contributed by atoms with Crippen LogP contribution >= 0.6 is 0 Å². The largest absolute Gasteiger partial charge is 0.311 e. The van der Waals surface area contributed by atoms with E-state index >= 15 is 0 Å². The zero-order valence-electron chi connectivity index (χ0n) is 10.5. The lowest BCUT2D eigenvalue weighted by Crippen LogP contribution is -2.38. The lowest BCUT2D eigenvalue weighted by Gasteiger charge is -2.23. The molecule has 4 heteroatoms. The van der Waals surface area contributed by atoms with Crippen LogP contribution in [-0.2, 0) is 9.84 Å². The molecular formula is C13H19NO2S. The van der Waals surface area contributed by atoms with Gasteiger partial charge >= 0.3 is 0 Å². The van der Waals surface area contributed by atoms with E-state index in [0.29, 0.717) is 11.4 Å². The third-order valence-electron chi connectivity index (χ3n) is 2.99. The Morgan fingerprint density at radius 3 is 2.59 bits per heavy atom. The Morgan fingerprint density at radius 1 is 1.29 bits per heavy atom. The first-order valence-corrected chi connectivity index (χ1v) is 7.51. The van der Waals surface area contributed by atoms with Crippen LogP contribution in [0.25, 0.3) is 0 Å². The van der Waals surface area contributed by atoms with Gasteiger partial charge in [0, 0.05) is 18.0 Å². The molecule has 3 nitrogen and oxygen atoms in total. The average Bonchev–Trinajstić information content (AvgIpc) is 2.48. The molecule has 0 aliphatic carbocycles. The summed E-state index contributed by atoms with van der Waals surface area (Å²) < 4.78 is 23.9. The van der Waals surface area contributed by atoms with Gasteiger partial charge in [0.05, 0.1) is 10.6 Å². The monoisotopic (exact) mass is 253 g/mol. The van der Waals surface area contributed by atoms with Crippen molar-refractivity contribution in [3.05, 3.63) is 29.8 Å². The molecule has 17 heavy (non-hydrogen) atoms. The number of sulfone groups is 1. The van der Waals surface area contributed by atoms with Crippen molar-refractivity contribution in [3.63, 3.8) is 0 Å². The molecule has 2 rings (SSSR count). The van der Waals surface area contributed by atoms with Crippen molar-refractivity contribution in [2.45, 2.75) is 37.1 Å². The molecule has 1 N–H and O–H groups in total. The molecule has 1 unspecified atom stereocenters. The maximum atomic E-state index is 12.0. The van der Waals surface area contributed by atoms with Gasteiger partial charge in [0.2, 0.25) is 0 Å². The smallest absolute Gasteiger partial charge is 0.179 e. The number of nitrogens with one attached hydrogen (secondary N) is 1. The third-order valence-corrected chi connectivity index (χ3v) is 4.88. The summed E-state index contributed by atoms with van der Waals surface area (Å²) in [6.45, 7) is 6.97. The maximum Gasteiger partial charge on any atom is 0.179 e. The molecule has 0 saturated heterocycles. The number of fused-ring (bicyclic) bond motifs is 1. The van der Waals surface area contributed by atoms with Gasteiger partial charge in [0.25, 0.3) is 0 Å². The lowest BCUT2D eigenvalue weighted by atomic mass is 10.00. The van der Waals surface area contributed by atoms with Crippen LogP contribution in [0.3, 0.4) is 0 Å². The molecular weight excluding hydrogens is 234 g/mol. The summed E-state index contributed by atoms with van der Waals surface area (Å²) in [6, 6.07) is 7.33. The van der Waals surface area contributed by atoms with Crippen molar-refractivity contribution in [3.8, 4) is 0 Å². The van der Waals surface area contributed by atoms with E-state index in [4.69, 9.17) is 0 Å². The molecule has 0 saturated carbocycles. The minimum absolute atomic E-state index is 0.0152. The highest BCUT2D eigenvalue weighted by molar-refractivity contribution is 7.91. The Hall–Kier alpha value is -0.870. The van der Waals surface area contributed by atoms with Gasteiger partial charge in [-0.1, -0.05) is 18.2 Å². The number of hydrogen-bond donors (Lipinski definition) is 1. The number of hydrogen-bond acceptors (Lipinski definition) is 3. The van der Waals surface area contributed by atoms with Crippen LogP contribution < -0.4 is 5.32 Å². The van der Waals surface area contributed by atoms with E-state index in [1.54, 1.807) is 12.1 Å². The molecule has 1 aliphatic heterocycles. The fourth-order valence-electron chi connectivity index (χ4n) is 2.14. The van der Waals surface area contributed by atoms with Gasteiger partial charge in [0.1, 0.15) is 0 Å². The molecule has 1 aromatic carbocycles. The van der Waals surface area contributed by atoms with Crippen LogP contribution in [0.4, 0.5) is 0 Å². The quantitative estimate of drug-likeness (QED) is 0.876. The summed E-state index contributed by atoms with van der Waals surface area (Å²) in [5.74, 6) is 0.311. The van der Waals surface area contributed by atoms with E-state index < -0.39 is 9.84 Å². The Balaban J connectivity index is 2.24. The van der Waals surface area contributed by atoms with E-state index in [2.05, 4.69) is 26.1 Å². The first-order valence-electron chi connectivity index (χ1n) is 5.86. The van der Waals surface area contributed by atoms with Crippen LogP contribution in [0.5, 0.6) is 0 Å². The van der Waals surface area contributed by atoms with Crippen molar-refractivity contribution in [2.24, 2.45) is 0 Å². The van der Waals surface area contributed by atoms with Gasteiger partial charge in [-0.15, -0.1) is 0 Å². The fraction of sp³-hybridized carbons (Fsp3) is 0.538. The van der Waals surface area contributed by atoms with E-state index in [9.17, 15) is 8.42 Å². The Labute approximate surface area is 103 Å². The number of benzene rings is 1. The lowest BCUT2D eigenvalue weighted by molar-refractivity contribution is 0.413.